The van der Waals surface area contributed by atoms with Crippen molar-refractivity contribution in [1.82, 2.24) is 15.4 Å². The fourth-order valence-corrected chi connectivity index (χ4v) is 4.78. The van der Waals surface area contributed by atoms with E-state index in [2.05, 4.69) is 15.4 Å². The Morgan fingerprint density at radius 2 is 1.00 bits per heavy atom. The standard InChI is InChI=1S/C29H53N3O7S/c1-23(28(37)32-40-2)30-26(34)22-21-24(29(38)39)31-25(33)19-17-15-13-11-9-7-5-3-4-6-8-10-12-14-16-18-20-27(35)36/h23-24H,3-22H2,1-2H3,(H,30,34)(H,31,33)(H,32,37)(H,35,36)(H,38,39)/t23-,24-/m0/s1. The normalized spacial score (nSPS) is 12.3. The van der Waals surface area contributed by atoms with Crippen molar-refractivity contribution in [2.75, 3.05) is 6.26 Å². The Morgan fingerprint density at radius 1 is 0.600 bits per heavy atom. The molecule has 11 heteroatoms. The first-order valence-electron chi connectivity index (χ1n) is 15.0. The van der Waals surface area contributed by atoms with Crippen LogP contribution < -0.4 is 15.4 Å². The lowest BCUT2D eigenvalue weighted by Gasteiger charge is -2.16. The molecule has 0 unspecified atom stereocenters. The zero-order valence-corrected chi connectivity index (χ0v) is 25.5. The monoisotopic (exact) mass is 587 g/mol. The maximum atomic E-state index is 12.2. The second-order valence-electron chi connectivity index (χ2n) is 10.5. The number of hydrogen-bond donors (Lipinski definition) is 5. The number of nitrogens with one attached hydrogen (secondary N) is 3. The van der Waals surface area contributed by atoms with Crippen molar-refractivity contribution in [2.45, 2.75) is 147 Å². The quantitative estimate of drug-likeness (QED) is 0.0635. The van der Waals surface area contributed by atoms with E-state index in [0.717, 1.165) is 50.5 Å². The summed E-state index contributed by atoms with van der Waals surface area (Å²) in [6.07, 6.45) is 20.2. The highest BCUT2D eigenvalue weighted by Crippen LogP contribution is 2.14. The van der Waals surface area contributed by atoms with E-state index >= 15 is 0 Å². The summed E-state index contributed by atoms with van der Waals surface area (Å²) in [7, 11) is 0. The van der Waals surface area contributed by atoms with Crippen molar-refractivity contribution in [3.63, 3.8) is 0 Å². The fraction of sp³-hybridized carbons (Fsp3) is 0.828. The molecule has 0 rings (SSSR count). The van der Waals surface area contributed by atoms with Crippen molar-refractivity contribution >= 4 is 41.6 Å². The largest absolute Gasteiger partial charge is 0.481 e. The number of carbonyl (C=O) groups is 5. The molecule has 0 aliphatic rings. The van der Waals surface area contributed by atoms with Gasteiger partial charge in [-0.15, -0.1) is 0 Å². The summed E-state index contributed by atoms with van der Waals surface area (Å²) in [6, 6.07) is -1.86. The minimum absolute atomic E-state index is 0.0417. The highest BCUT2D eigenvalue weighted by molar-refractivity contribution is 7.97. The van der Waals surface area contributed by atoms with Gasteiger partial charge in [0.15, 0.2) is 0 Å². The van der Waals surface area contributed by atoms with Gasteiger partial charge < -0.3 is 20.8 Å². The molecule has 0 aliphatic heterocycles. The lowest BCUT2D eigenvalue weighted by Crippen LogP contribution is -2.44. The Bertz CT molecular complexity index is 736. The Kier molecular flexibility index (Phi) is 24.2. The minimum Gasteiger partial charge on any atom is -0.481 e. The number of carbonyl (C=O) groups excluding carboxylic acids is 3. The van der Waals surface area contributed by atoms with Crippen LogP contribution in [0.15, 0.2) is 0 Å². The summed E-state index contributed by atoms with van der Waals surface area (Å²) in [5.41, 5.74) is 0. The van der Waals surface area contributed by atoms with Gasteiger partial charge in [-0.3, -0.25) is 23.9 Å². The van der Waals surface area contributed by atoms with E-state index in [9.17, 15) is 29.1 Å². The van der Waals surface area contributed by atoms with Gasteiger partial charge >= 0.3 is 11.9 Å². The maximum Gasteiger partial charge on any atom is 0.326 e. The first-order valence-corrected chi connectivity index (χ1v) is 16.3. The first-order chi connectivity index (χ1) is 19.2. The van der Waals surface area contributed by atoms with Crippen LogP contribution in [-0.4, -0.2) is 58.2 Å². The van der Waals surface area contributed by atoms with E-state index in [0.29, 0.717) is 12.8 Å². The number of hydrogen-bond acceptors (Lipinski definition) is 6. The van der Waals surface area contributed by atoms with E-state index in [1.165, 1.54) is 57.8 Å². The summed E-state index contributed by atoms with van der Waals surface area (Å²) in [5, 5.41) is 23.0. The van der Waals surface area contributed by atoms with Crippen molar-refractivity contribution in [1.29, 1.82) is 0 Å². The third-order valence-corrected chi connectivity index (χ3v) is 7.22. The van der Waals surface area contributed by atoms with Gasteiger partial charge in [0, 0.05) is 25.5 Å². The zero-order valence-electron chi connectivity index (χ0n) is 24.6. The van der Waals surface area contributed by atoms with Gasteiger partial charge in [-0.05, 0) is 26.2 Å². The van der Waals surface area contributed by atoms with Crippen molar-refractivity contribution < 1.29 is 34.2 Å². The molecule has 0 aromatic rings. The second-order valence-corrected chi connectivity index (χ2v) is 11.1. The van der Waals surface area contributed by atoms with E-state index in [1.54, 1.807) is 13.2 Å². The van der Waals surface area contributed by atoms with Gasteiger partial charge in [0.2, 0.25) is 11.8 Å². The summed E-state index contributed by atoms with van der Waals surface area (Å²) >= 11 is 1.13. The van der Waals surface area contributed by atoms with Crippen LogP contribution in [0, 0.1) is 0 Å². The van der Waals surface area contributed by atoms with Crippen LogP contribution in [0.3, 0.4) is 0 Å². The Balaban J connectivity index is 3.69. The third kappa shape index (κ3) is 23.6. The molecule has 0 aliphatic carbocycles. The van der Waals surface area contributed by atoms with Gasteiger partial charge in [-0.25, -0.2) is 4.79 Å². The van der Waals surface area contributed by atoms with E-state index in [1.807, 2.05) is 0 Å². The molecule has 0 saturated heterocycles. The number of unbranched alkanes of at least 4 members (excludes halogenated alkanes) is 15. The molecule has 0 heterocycles. The lowest BCUT2D eigenvalue weighted by molar-refractivity contribution is -0.142. The van der Waals surface area contributed by atoms with Crippen molar-refractivity contribution in [3.05, 3.63) is 0 Å². The van der Waals surface area contributed by atoms with Gasteiger partial charge in [-0.1, -0.05) is 102 Å². The van der Waals surface area contributed by atoms with Crippen LogP contribution >= 0.6 is 11.9 Å². The molecular formula is C29H53N3O7S. The van der Waals surface area contributed by atoms with E-state index in [-0.39, 0.29) is 31.1 Å². The number of amides is 3. The summed E-state index contributed by atoms with van der Waals surface area (Å²) < 4.78 is 2.52. The molecule has 5 N–H and O–H groups in total. The molecule has 0 spiro atoms. The molecule has 0 saturated carbocycles. The molecule has 2 atom stereocenters. The molecule has 3 amide bonds. The number of aliphatic carboxylic acids is 2. The average Bonchev–Trinajstić information content (AvgIpc) is 2.90. The Labute approximate surface area is 244 Å². The van der Waals surface area contributed by atoms with Gasteiger partial charge in [-0.2, -0.15) is 0 Å². The highest BCUT2D eigenvalue weighted by Gasteiger charge is 2.22. The first kappa shape index (κ1) is 37.7. The molecule has 40 heavy (non-hydrogen) atoms. The molecular weight excluding hydrogens is 534 g/mol. The third-order valence-electron chi connectivity index (χ3n) is 6.81. The van der Waals surface area contributed by atoms with Crippen molar-refractivity contribution in [3.8, 4) is 0 Å². The molecule has 0 aromatic heterocycles. The second kappa shape index (κ2) is 25.7. The van der Waals surface area contributed by atoms with Crippen LogP contribution in [0.2, 0.25) is 0 Å². The predicted molar refractivity (Wildman–Crippen MR) is 159 cm³/mol. The smallest absolute Gasteiger partial charge is 0.326 e. The SMILES string of the molecule is CSNC(=O)[C@H](C)NC(=O)CC[C@H](NC(=O)CCCCCCCCCCCCCCCCCCC(=O)O)C(=O)O. The fourth-order valence-electron chi connectivity index (χ4n) is 4.40. The highest BCUT2D eigenvalue weighted by atomic mass is 32.2. The Hall–Kier alpha value is -2.30. The number of carboxylic acids is 2. The van der Waals surface area contributed by atoms with Gasteiger partial charge in [0.1, 0.15) is 12.1 Å². The number of carboxylic acid groups (broad SMARTS) is 2. The summed E-state index contributed by atoms with van der Waals surface area (Å²) in [4.78, 5) is 57.8. The predicted octanol–water partition coefficient (Wildman–Crippen LogP) is 5.34. The summed E-state index contributed by atoms with van der Waals surface area (Å²) in [6.45, 7) is 1.54. The van der Waals surface area contributed by atoms with Gasteiger partial charge in [0.25, 0.3) is 5.91 Å². The lowest BCUT2D eigenvalue weighted by atomic mass is 10.0. The van der Waals surface area contributed by atoms with Gasteiger partial charge in [0.05, 0.1) is 0 Å². The van der Waals surface area contributed by atoms with Crippen molar-refractivity contribution in [2.24, 2.45) is 0 Å². The van der Waals surface area contributed by atoms with Crippen LogP contribution in [0.25, 0.3) is 0 Å². The van der Waals surface area contributed by atoms with Crippen LogP contribution in [-0.2, 0) is 24.0 Å². The Morgan fingerprint density at radius 3 is 1.40 bits per heavy atom. The van der Waals surface area contributed by atoms with E-state index < -0.39 is 29.9 Å². The minimum atomic E-state index is -1.18. The average molecular weight is 588 g/mol. The molecule has 10 nitrogen and oxygen atoms in total. The van der Waals surface area contributed by atoms with Crippen LogP contribution in [0.4, 0.5) is 0 Å². The molecule has 0 radical (unpaired) electrons. The van der Waals surface area contributed by atoms with Crippen LogP contribution in [0.5, 0.6) is 0 Å². The molecule has 0 fully saturated rings. The topological polar surface area (TPSA) is 162 Å². The zero-order chi connectivity index (χ0) is 30.0. The van der Waals surface area contributed by atoms with E-state index in [4.69, 9.17) is 5.11 Å². The number of rotatable bonds is 27. The molecule has 0 aromatic carbocycles. The molecule has 232 valence electrons. The summed E-state index contributed by atoms with van der Waals surface area (Å²) in [5.74, 6) is -2.98. The van der Waals surface area contributed by atoms with Crippen LogP contribution in [0.1, 0.15) is 135 Å². The molecule has 0 bridgehead atoms. The maximum absolute atomic E-state index is 12.2.